The van der Waals surface area contributed by atoms with Gasteiger partial charge in [-0.2, -0.15) is 0 Å². The Morgan fingerprint density at radius 1 is 1.12 bits per heavy atom. The number of hydrogen-bond acceptors (Lipinski definition) is 5. The highest BCUT2D eigenvalue weighted by Gasteiger charge is 2.08. The lowest BCUT2D eigenvalue weighted by molar-refractivity contribution is -0.136. The molecule has 3 rings (SSSR count). The minimum Gasteiger partial charge on any atom is -0.508 e. The van der Waals surface area contributed by atoms with Crippen LogP contribution < -0.4 is 4.74 Å². The van der Waals surface area contributed by atoms with Crippen LogP contribution in [0.2, 0.25) is 0 Å². The van der Waals surface area contributed by atoms with Crippen molar-refractivity contribution in [3.05, 3.63) is 66.1 Å². The molecular formula is C20H19NO5. The fourth-order valence-electron chi connectivity index (χ4n) is 2.50. The first-order valence-corrected chi connectivity index (χ1v) is 8.28. The lowest BCUT2D eigenvalue weighted by Crippen LogP contribution is -2.02. The van der Waals surface area contributed by atoms with Crippen LogP contribution in [0.15, 0.2) is 59.2 Å². The minimum absolute atomic E-state index is 0.0241. The van der Waals surface area contributed by atoms with Gasteiger partial charge >= 0.3 is 5.97 Å². The lowest BCUT2D eigenvalue weighted by Gasteiger charge is -2.08. The van der Waals surface area contributed by atoms with Gasteiger partial charge < -0.3 is 19.4 Å². The van der Waals surface area contributed by atoms with Crippen LogP contribution in [0.5, 0.6) is 11.5 Å². The molecule has 0 atom stereocenters. The molecule has 0 saturated heterocycles. The van der Waals surface area contributed by atoms with E-state index in [1.807, 2.05) is 30.3 Å². The lowest BCUT2D eigenvalue weighted by atomic mass is 10.1. The maximum atomic E-state index is 10.6. The summed E-state index contributed by atoms with van der Waals surface area (Å²) < 4.78 is 11.1. The van der Waals surface area contributed by atoms with Gasteiger partial charge in [0.25, 0.3) is 0 Å². The average molecular weight is 353 g/mol. The molecule has 2 aromatic carbocycles. The zero-order chi connectivity index (χ0) is 18.4. The highest BCUT2D eigenvalue weighted by atomic mass is 16.5. The van der Waals surface area contributed by atoms with Crippen molar-refractivity contribution < 1.29 is 24.2 Å². The first-order chi connectivity index (χ1) is 12.6. The number of hydrogen-bond donors (Lipinski definition) is 2. The highest BCUT2D eigenvalue weighted by Crippen LogP contribution is 2.25. The Labute approximate surface area is 150 Å². The van der Waals surface area contributed by atoms with Crippen LogP contribution in [0.3, 0.4) is 0 Å². The van der Waals surface area contributed by atoms with E-state index in [9.17, 15) is 9.90 Å². The molecule has 0 saturated carbocycles. The maximum Gasteiger partial charge on any atom is 0.303 e. The maximum absolute atomic E-state index is 10.6. The predicted molar refractivity (Wildman–Crippen MR) is 95.2 cm³/mol. The van der Waals surface area contributed by atoms with Gasteiger partial charge in [-0.1, -0.05) is 24.3 Å². The molecule has 134 valence electrons. The van der Waals surface area contributed by atoms with Crippen molar-refractivity contribution in [3.8, 4) is 23.0 Å². The number of ether oxygens (including phenoxy) is 1. The summed E-state index contributed by atoms with van der Waals surface area (Å²) in [5.41, 5.74) is 2.29. The molecule has 0 unspecified atom stereocenters. The van der Waals surface area contributed by atoms with E-state index in [4.69, 9.17) is 14.3 Å². The van der Waals surface area contributed by atoms with Crippen molar-refractivity contribution in [2.24, 2.45) is 0 Å². The van der Waals surface area contributed by atoms with Gasteiger partial charge in [-0.15, -0.1) is 0 Å². The first-order valence-electron chi connectivity index (χ1n) is 8.28. The topological polar surface area (TPSA) is 92.8 Å². The molecule has 1 aromatic heterocycles. The molecule has 2 N–H and O–H groups in total. The van der Waals surface area contributed by atoms with Gasteiger partial charge in [0.1, 0.15) is 17.8 Å². The predicted octanol–water partition coefficient (Wildman–Crippen LogP) is 3.69. The monoisotopic (exact) mass is 353 g/mol. The molecule has 0 aliphatic heterocycles. The van der Waals surface area contributed by atoms with Gasteiger partial charge in [-0.05, 0) is 30.2 Å². The summed E-state index contributed by atoms with van der Waals surface area (Å²) in [6.07, 6.45) is 2.43. The van der Waals surface area contributed by atoms with Gasteiger partial charge in [-0.3, -0.25) is 4.79 Å². The zero-order valence-electron chi connectivity index (χ0n) is 14.1. The number of benzene rings is 2. The van der Waals surface area contributed by atoms with Gasteiger partial charge in [0.15, 0.2) is 0 Å². The number of aliphatic carboxylic acids is 1. The van der Waals surface area contributed by atoms with E-state index in [-0.39, 0.29) is 18.6 Å². The second kappa shape index (κ2) is 8.20. The number of carboxylic acid groups (broad SMARTS) is 1. The summed E-state index contributed by atoms with van der Waals surface area (Å²) in [7, 11) is 0. The number of nitrogens with zero attached hydrogens (tertiary/aromatic N) is 1. The largest absolute Gasteiger partial charge is 0.508 e. The number of rotatable bonds is 8. The molecule has 6 nitrogen and oxygen atoms in total. The van der Waals surface area contributed by atoms with Gasteiger partial charge in [0.2, 0.25) is 5.89 Å². The molecule has 0 amide bonds. The van der Waals surface area contributed by atoms with Crippen molar-refractivity contribution in [2.75, 3.05) is 6.61 Å². The summed E-state index contributed by atoms with van der Waals surface area (Å²) in [6.45, 7) is 0.384. The van der Waals surface area contributed by atoms with Crippen molar-refractivity contribution in [1.29, 1.82) is 0 Å². The Morgan fingerprint density at radius 2 is 1.92 bits per heavy atom. The van der Waals surface area contributed by atoms with Crippen LogP contribution in [0, 0.1) is 0 Å². The summed E-state index contributed by atoms with van der Waals surface area (Å²) in [4.78, 5) is 15.0. The number of phenols is 1. The van der Waals surface area contributed by atoms with Crippen LogP contribution in [-0.2, 0) is 17.6 Å². The fourth-order valence-corrected chi connectivity index (χ4v) is 2.50. The van der Waals surface area contributed by atoms with Crippen LogP contribution in [0.4, 0.5) is 0 Å². The second-order valence-electron chi connectivity index (χ2n) is 5.79. The van der Waals surface area contributed by atoms with Crippen molar-refractivity contribution >= 4 is 5.97 Å². The van der Waals surface area contributed by atoms with Gasteiger partial charge in [0, 0.05) is 24.5 Å². The second-order valence-corrected chi connectivity index (χ2v) is 5.79. The number of oxazole rings is 1. The Hall–Kier alpha value is -3.28. The molecule has 0 bridgehead atoms. The highest BCUT2D eigenvalue weighted by molar-refractivity contribution is 5.67. The van der Waals surface area contributed by atoms with E-state index < -0.39 is 5.97 Å². The molecule has 0 aliphatic rings. The third-order valence-corrected chi connectivity index (χ3v) is 3.86. The summed E-state index contributed by atoms with van der Waals surface area (Å²) in [5, 5.41) is 18.6. The van der Waals surface area contributed by atoms with Crippen LogP contribution in [0.25, 0.3) is 11.5 Å². The number of phenolic OH excluding ortho intramolecular Hbond substituents is 1. The first kappa shape index (κ1) is 17.5. The Balaban J connectivity index is 1.53. The molecule has 0 fully saturated rings. The zero-order valence-corrected chi connectivity index (χ0v) is 14.1. The third kappa shape index (κ3) is 4.63. The Kier molecular flexibility index (Phi) is 5.53. The molecule has 6 heteroatoms. The number of carbonyl (C=O) groups is 1. The number of carboxylic acids is 1. The molecular weight excluding hydrogens is 334 g/mol. The number of aromatic hydroxyl groups is 1. The van der Waals surface area contributed by atoms with Gasteiger partial charge in [-0.25, -0.2) is 4.98 Å². The SMILES string of the molecule is O=C(O)CCc1ccc(OCCc2coc(-c3ccccc3)n2)cc1O. The third-order valence-electron chi connectivity index (χ3n) is 3.86. The van der Waals surface area contributed by atoms with Crippen LogP contribution in [0.1, 0.15) is 17.7 Å². The van der Waals surface area contributed by atoms with Crippen molar-refractivity contribution in [2.45, 2.75) is 19.3 Å². The van der Waals surface area contributed by atoms with Gasteiger partial charge in [0.05, 0.1) is 12.3 Å². The normalized spacial score (nSPS) is 10.6. The molecule has 0 radical (unpaired) electrons. The summed E-state index contributed by atoms with van der Waals surface area (Å²) in [6, 6.07) is 14.5. The minimum atomic E-state index is -0.896. The van der Waals surface area contributed by atoms with E-state index in [0.29, 0.717) is 30.2 Å². The molecule has 1 heterocycles. The van der Waals surface area contributed by atoms with E-state index in [1.54, 1.807) is 18.4 Å². The van der Waals surface area contributed by atoms with E-state index in [1.165, 1.54) is 6.07 Å². The summed E-state index contributed by atoms with van der Waals surface area (Å²) in [5.74, 6) is 0.234. The van der Waals surface area contributed by atoms with E-state index >= 15 is 0 Å². The quantitative estimate of drug-likeness (QED) is 0.642. The van der Waals surface area contributed by atoms with Crippen molar-refractivity contribution in [3.63, 3.8) is 0 Å². The van der Waals surface area contributed by atoms with E-state index in [2.05, 4.69) is 4.98 Å². The molecule has 26 heavy (non-hydrogen) atoms. The standard InChI is InChI=1S/C20H19NO5/c22-18-12-17(8-6-14(18)7-9-19(23)24)25-11-10-16-13-26-20(21-16)15-4-2-1-3-5-15/h1-6,8,12-13,22H,7,9-11H2,(H,23,24). The van der Waals surface area contributed by atoms with Crippen LogP contribution >= 0.6 is 0 Å². The molecule has 3 aromatic rings. The smallest absolute Gasteiger partial charge is 0.303 e. The van der Waals surface area contributed by atoms with E-state index in [0.717, 1.165) is 11.3 Å². The molecule has 0 aliphatic carbocycles. The fraction of sp³-hybridized carbons (Fsp3) is 0.200. The Bertz CT molecular complexity index is 873. The molecule has 0 spiro atoms. The Morgan fingerprint density at radius 3 is 2.65 bits per heavy atom. The number of aromatic nitrogens is 1. The number of aryl methyl sites for hydroxylation is 1. The van der Waals surface area contributed by atoms with Crippen LogP contribution in [-0.4, -0.2) is 27.8 Å². The summed E-state index contributed by atoms with van der Waals surface area (Å²) >= 11 is 0. The average Bonchev–Trinajstić information content (AvgIpc) is 3.10. The van der Waals surface area contributed by atoms with Crippen molar-refractivity contribution in [1.82, 2.24) is 4.98 Å².